The van der Waals surface area contributed by atoms with Gasteiger partial charge in [-0.3, -0.25) is 0 Å². The summed E-state index contributed by atoms with van der Waals surface area (Å²) in [5, 5.41) is 15.0. The van der Waals surface area contributed by atoms with Crippen LogP contribution in [0.4, 0.5) is 5.69 Å². The molecule has 0 atom stereocenters. The Balaban J connectivity index is 1.72. The SMILES string of the molecule is CCOC(=O)c1ccc2c(C(=Nc3ccc(CNCCCN)cc3)c3ccccc3)c(O)[nH]c2c1. The molecule has 0 bridgehead atoms. The van der Waals surface area contributed by atoms with Crippen molar-refractivity contribution in [3.63, 3.8) is 0 Å². The van der Waals surface area contributed by atoms with Gasteiger partial charge in [0.25, 0.3) is 0 Å². The van der Waals surface area contributed by atoms with Gasteiger partial charge in [-0.15, -0.1) is 0 Å². The third-order valence-electron chi connectivity index (χ3n) is 5.64. The highest BCUT2D eigenvalue weighted by Gasteiger charge is 2.20. The number of H-pyrrole nitrogens is 1. The molecule has 0 unspecified atom stereocenters. The number of carbonyl (C=O) groups excluding carboxylic acids is 1. The fourth-order valence-corrected chi connectivity index (χ4v) is 3.90. The summed E-state index contributed by atoms with van der Waals surface area (Å²) in [6, 6.07) is 22.9. The zero-order valence-corrected chi connectivity index (χ0v) is 19.8. The van der Waals surface area contributed by atoms with Crippen LogP contribution in [0.25, 0.3) is 10.9 Å². The van der Waals surface area contributed by atoms with E-state index in [0.717, 1.165) is 41.7 Å². The van der Waals surface area contributed by atoms with Crippen molar-refractivity contribution in [3.05, 3.63) is 95.1 Å². The van der Waals surface area contributed by atoms with Gasteiger partial charge in [-0.05, 0) is 56.3 Å². The van der Waals surface area contributed by atoms with E-state index in [4.69, 9.17) is 15.5 Å². The zero-order valence-electron chi connectivity index (χ0n) is 19.8. The van der Waals surface area contributed by atoms with Crippen LogP contribution >= 0.6 is 0 Å². The molecule has 35 heavy (non-hydrogen) atoms. The molecule has 0 amide bonds. The predicted octanol–water partition coefficient (Wildman–Crippen LogP) is 4.66. The maximum absolute atomic E-state index is 12.2. The Labute approximate surface area is 204 Å². The summed E-state index contributed by atoms with van der Waals surface area (Å²) in [4.78, 5) is 20.1. The topological polar surface area (TPSA) is 113 Å². The second-order valence-electron chi connectivity index (χ2n) is 8.14. The van der Waals surface area contributed by atoms with Gasteiger partial charge in [0.1, 0.15) is 0 Å². The molecular formula is C28H30N4O3. The number of nitrogens with zero attached hydrogens (tertiary/aromatic N) is 1. The molecule has 180 valence electrons. The zero-order chi connectivity index (χ0) is 24.6. The molecule has 0 aliphatic carbocycles. The van der Waals surface area contributed by atoms with Gasteiger partial charge in [-0.1, -0.05) is 48.5 Å². The van der Waals surface area contributed by atoms with E-state index in [2.05, 4.69) is 10.3 Å². The summed E-state index contributed by atoms with van der Waals surface area (Å²) < 4.78 is 5.11. The third-order valence-corrected chi connectivity index (χ3v) is 5.64. The smallest absolute Gasteiger partial charge is 0.338 e. The van der Waals surface area contributed by atoms with Crippen LogP contribution in [0.3, 0.4) is 0 Å². The van der Waals surface area contributed by atoms with E-state index in [-0.39, 0.29) is 5.88 Å². The molecule has 0 spiro atoms. The number of fused-ring (bicyclic) bond motifs is 1. The monoisotopic (exact) mass is 470 g/mol. The molecule has 4 rings (SSSR count). The summed E-state index contributed by atoms with van der Waals surface area (Å²) in [6.07, 6.45) is 0.943. The number of aromatic amines is 1. The van der Waals surface area contributed by atoms with E-state index in [1.165, 1.54) is 0 Å². The van der Waals surface area contributed by atoms with E-state index in [9.17, 15) is 9.90 Å². The third kappa shape index (κ3) is 5.77. The summed E-state index contributed by atoms with van der Waals surface area (Å²) in [6.45, 7) is 4.38. The predicted molar refractivity (Wildman–Crippen MR) is 139 cm³/mol. The van der Waals surface area contributed by atoms with Gasteiger partial charge in [0.05, 0.1) is 29.1 Å². The fourth-order valence-electron chi connectivity index (χ4n) is 3.90. The van der Waals surface area contributed by atoms with Gasteiger partial charge in [-0.2, -0.15) is 0 Å². The summed E-state index contributed by atoms with van der Waals surface area (Å²) in [5.74, 6) is -0.413. The summed E-state index contributed by atoms with van der Waals surface area (Å²) >= 11 is 0. The first-order valence-corrected chi connectivity index (χ1v) is 11.8. The Hall–Kier alpha value is -3.94. The minimum Gasteiger partial charge on any atom is -0.494 e. The Bertz CT molecular complexity index is 1310. The lowest BCUT2D eigenvalue weighted by atomic mass is 10.00. The number of nitrogens with one attached hydrogen (secondary N) is 2. The number of aromatic nitrogens is 1. The van der Waals surface area contributed by atoms with Crippen LogP contribution in [-0.4, -0.2) is 41.5 Å². The van der Waals surface area contributed by atoms with Crippen LogP contribution in [-0.2, 0) is 11.3 Å². The second kappa shape index (κ2) is 11.5. The summed E-state index contributed by atoms with van der Waals surface area (Å²) in [7, 11) is 0. The number of ether oxygens (including phenoxy) is 1. The molecule has 5 N–H and O–H groups in total. The molecule has 7 nitrogen and oxygen atoms in total. The number of nitrogens with two attached hydrogens (primary N) is 1. The van der Waals surface area contributed by atoms with Crippen molar-refractivity contribution in [2.24, 2.45) is 10.7 Å². The maximum Gasteiger partial charge on any atom is 0.338 e. The standard InChI is InChI=1S/C28H30N4O3/c1-2-35-28(34)21-11-14-23-24(17-21)32-27(33)25(23)26(20-7-4-3-5-8-20)31-22-12-9-19(10-13-22)18-30-16-6-15-29/h3-5,7-14,17,30,32-33H,2,6,15-16,18,29H2,1H3. The highest BCUT2D eigenvalue weighted by Crippen LogP contribution is 2.32. The average Bonchev–Trinajstić information content (AvgIpc) is 3.21. The van der Waals surface area contributed by atoms with E-state index in [1.54, 1.807) is 19.1 Å². The van der Waals surface area contributed by atoms with Gasteiger partial charge in [0.2, 0.25) is 0 Å². The van der Waals surface area contributed by atoms with Crippen LogP contribution < -0.4 is 11.1 Å². The minimum absolute atomic E-state index is 0.00987. The number of rotatable bonds is 10. The van der Waals surface area contributed by atoms with Crippen molar-refractivity contribution >= 4 is 28.3 Å². The van der Waals surface area contributed by atoms with E-state index >= 15 is 0 Å². The molecule has 4 aromatic rings. The number of aliphatic imine (C=N–C) groups is 1. The molecule has 3 aromatic carbocycles. The molecule has 0 aliphatic rings. The molecule has 0 aliphatic heterocycles. The molecule has 0 saturated carbocycles. The van der Waals surface area contributed by atoms with E-state index < -0.39 is 5.97 Å². The number of hydrogen-bond acceptors (Lipinski definition) is 6. The molecule has 0 radical (unpaired) electrons. The lowest BCUT2D eigenvalue weighted by Gasteiger charge is -2.09. The Morgan fingerprint density at radius 3 is 2.54 bits per heavy atom. The Kier molecular flexibility index (Phi) is 7.92. The number of aromatic hydroxyl groups is 1. The molecule has 0 saturated heterocycles. The van der Waals surface area contributed by atoms with Crippen LogP contribution in [0.5, 0.6) is 5.88 Å². The van der Waals surface area contributed by atoms with Crippen molar-refractivity contribution in [2.75, 3.05) is 19.7 Å². The van der Waals surface area contributed by atoms with Crippen LogP contribution in [0.1, 0.15) is 40.4 Å². The van der Waals surface area contributed by atoms with Crippen molar-refractivity contribution in [1.82, 2.24) is 10.3 Å². The van der Waals surface area contributed by atoms with Crippen molar-refractivity contribution in [2.45, 2.75) is 19.9 Å². The highest BCUT2D eigenvalue weighted by molar-refractivity contribution is 6.22. The molecular weight excluding hydrogens is 440 g/mol. The number of benzene rings is 3. The maximum atomic E-state index is 12.2. The Morgan fingerprint density at radius 1 is 1.06 bits per heavy atom. The van der Waals surface area contributed by atoms with Gasteiger partial charge >= 0.3 is 5.97 Å². The van der Waals surface area contributed by atoms with Crippen molar-refractivity contribution < 1.29 is 14.6 Å². The van der Waals surface area contributed by atoms with Gasteiger partial charge in [0.15, 0.2) is 5.88 Å². The van der Waals surface area contributed by atoms with Gasteiger partial charge < -0.3 is 25.9 Å². The quantitative estimate of drug-likeness (QED) is 0.153. The summed E-state index contributed by atoms with van der Waals surface area (Å²) in [5.41, 5.74) is 10.6. The van der Waals surface area contributed by atoms with Gasteiger partial charge in [0, 0.05) is 23.0 Å². The number of hydrogen-bond donors (Lipinski definition) is 4. The molecule has 1 heterocycles. The minimum atomic E-state index is -0.403. The first-order valence-electron chi connectivity index (χ1n) is 11.8. The van der Waals surface area contributed by atoms with Crippen molar-refractivity contribution in [1.29, 1.82) is 0 Å². The normalized spacial score (nSPS) is 11.7. The average molecular weight is 471 g/mol. The first-order chi connectivity index (χ1) is 17.1. The van der Waals surface area contributed by atoms with E-state index in [1.807, 2.05) is 60.7 Å². The number of esters is 1. The van der Waals surface area contributed by atoms with Crippen molar-refractivity contribution in [3.8, 4) is 5.88 Å². The molecule has 7 heteroatoms. The number of carbonyl (C=O) groups is 1. The lowest BCUT2D eigenvalue weighted by molar-refractivity contribution is 0.0526. The van der Waals surface area contributed by atoms with Crippen LogP contribution in [0.2, 0.25) is 0 Å². The second-order valence-corrected chi connectivity index (χ2v) is 8.14. The fraction of sp³-hybridized carbons (Fsp3) is 0.214. The molecule has 0 fully saturated rings. The first kappa shape index (κ1) is 24.2. The lowest BCUT2D eigenvalue weighted by Crippen LogP contribution is -2.17. The Morgan fingerprint density at radius 2 is 1.83 bits per heavy atom. The van der Waals surface area contributed by atoms with Gasteiger partial charge in [-0.25, -0.2) is 9.79 Å². The highest BCUT2D eigenvalue weighted by atomic mass is 16.5. The molecule has 1 aromatic heterocycles. The van der Waals surface area contributed by atoms with Crippen LogP contribution in [0, 0.1) is 0 Å². The van der Waals surface area contributed by atoms with E-state index in [0.29, 0.717) is 35.5 Å². The largest absolute Gasteiger partial charge is 0.494 e. The van der Waals surface area contributed by atoms with Crippen LogP contribution in [0.15, 0.2) is 77.8 Å².